The van der Waals surface area contributed by atoms with E-state index in [0.29, 0.717) is 0 Å². The zero-order valence-corrected chi connectivity index (χ0v) is 43.5. The zero-order chi connectivity index (χ0) is 50.7. The van der Waals surface area contributed by atoms with Gasteiger partial charge in [-0.3, -0.25) is 0 Å². The average molecular weight is 969 g/mol. The van der Waals surface area contributed by atoms with Crippen LogP contribution in [0.1, 0.15) is 52.7 Å². The molecule has 17 rings (SSSR count). The Bertz CT molecular complexity index is 4740. The van der Waals surface area contributed by atoms with E-state index in [1.165, 1.54) is 176 Å². The van der Waals surface area contributed by atoms with Gasteiger partial charge in [-0.1, -0.05) is 187 Å². The summed E-state index contributed by atoms with van der Waals surface area (Å²) in [6.45, 7) is 14.2. The number of rotatable bonds is 0. The van der Waals surface area contributed by atoms with Crippen LogP contribution in [0.15, 0.2) is 206 Å². The summed E-state index contributed by atoms with van der Waals surface area (Å²) in [5.41, 5.74) is 30.4. The molecule has 0 N–H and O–H groups in total. The van der Waals surface area contributed by atoms with Gasteiger partial charge in [0, 0.05) is 43.1 Å². The van der Waals surface area contributed by atoms with Crippen LogP contribution in [-0.2, 0) is 10.8 Å². The highest BCUT2D eigenvalue weighted by molar-refractivity contribution is 6.30. The number of hydrogen-bond acceptors (Lipinski definition) is 0. The van der Waals surface area contributed by atoms with E-state index in [1.54, 1.807) is 0 Å². The Balaban J connectivity index is 1.03. The summed E-state index contributed by atoms with van der Waals surface area (Å²) < 4.78 is 5.27. The minimum atomic E-state index is -0.0774. The number of fused-ring (bicyclic) bond motifs is 28. The zero-order valence-electron chi connectivity index (χ0n) is 43.5. The van der Waals surface area contributed by atoms with Crippen LogP contribution in [0.25, 0.3) is 165 Å². The predicted octanol–water partition coefficient (Wildman–Crippen LogP) is 20.5. The smallest absolute Gasteiger partial charge is 0.0620 e. The monoisotopic (exact) mass is 968 g/mol. The number of benzene rings is 11. The van der Waals surface area contributed by atoms with Crippen LogP contribution < -0.4 is 0 Å². The van der Waals surface area contributed by atoms with Crippen molar-refractivity contribution in [2.75, 3.05) is 0 Å². The van der Waals surface area contributed by atoms with Gasteiger partial charge in [0.05, 0.1) is 33.1 Å². The standard InChI is InChI=1S/C74H52N2/c1-73(2,3)41-31-63-59-35-55-51-27-15-11-23-47(51)43-19-7-9-21-45(43)49-25-13-17-29-53(49)57(55)37-67(59)75-69-40-62-66-34-42(74(4,5)6)32-64-60-36-56-52-28-16-12-24-48(52)44-20-8-10-22-46(44)50-26-14-18-30-54(50)58(56)38-68(60)76(72(64)66)70(62)39-61(69)65(33-41)71(63)75/h7-40H,1-6H3. The molecule has 0 bridgehead atoms. The van der Waals surface area contributed by atoms with Crippen molar-refractivity contribution in [3.05, 3.63) is 217 Å². The maximum atomic E-state index is 2.63. The van der Waals surface area contributed by atoms with Crippen molar-refractivity contribution in [2.45, 2.75) is 52.4 Å². The molecule has 2 nitrogen and oxygen atoms in total. The molecule has 0 saturated carbocycles. The van der Waals surface area contributed by atoms with E-state index in [9.17, 15) is 0 Å². The van der Waals surface area contributed by atoms with Gasteiger partial charge in [-0.15, -0.1) is 0 Å². The van der Waals surface area contributed by atoms with Crippen molar-refractivity contribution < 1.29 is 0 Å². The third kappa shape index (κ3) is 5.46. The summed E-state index contributed by atoms with van der Waals surface area (Å²) in [5.74, 6) is 0. The Kier molecular flexibility index (Phi) is 8.05. The first kappa shape index (κ1) is 42.4. The van der Waals surface area contributed by atoms with Crippen LogP contribution in [0.4, 0.5) is 0 Å². The highest BCUT2D eigenvalue weighted by atomic mass is 14.9. The normalized spacial score (nSPS) is 13.1. The molecule has 2 aliphatic rings. The first-order chi connectivity index (χ1) is 37.0. The highest BCUT2D eigenvalue weighted by Crippen LogP contribution is 2.54. The summed E-state index contributed by atoms with van der Waals surface area (Å²) in [5, 5.41) is 10.4. The molecule has 76 heavy (non-hydrogen) atoms. The fraction of sp³-hybridized carbons (Fsp3) is 0.108. The van der Waals surface area contributed by atoms with Crippen LogP contribution in [0.2, 0.25) is 0 Å². The van der Waals surface area contributed by atoms with Gasteiger partial charge in [0.2, 0.25) is 0 Å². The van der Waals surface area contributed by atoms with Gasteiger partial charge in [-0.2, -0.15) is 0 Å². The van der Waals surface area contributed by atoms with E-state index in [2.05, 4.69) is 257 Å². The van der Waals surface area contributed by atoms with E-state index in [1.807, 2.05) is 0 Å². The fourth-order valence-corrected chi connectivity index (χ4v) is 14.1. The molecular formula is C74H52N2. The van der Waals surface area contributed by atoms with E-state index < -0.39 is 0 Å². The minimum Gasteiger partial charge on any atom is -0.308 e. The molecule has 0 atom stereocenters. The van der Waals surface area contributed by atoms with E-state index in [0.717, 1.165) is 0 Å². The molecule has 0 radical (unpaired) electrons. The predicted molar refractivity (Wildman–Crippen MR) is 324 cm³/mol. The third-order valence-electron chi connectivity index (χ3n) is 17.8. The molecule has 2 aliphatic carbocycles. The van der Waals surface area contributed by atoms with Crippen molar-refractivity contribution in [3.8, 4) is 89.0 Å². The second-order valence-electron chi connectivity index (χ2n) is 24.0. The Morgan fingerprint density at radius 1 is 0.211 bits per heavy atom. The van der Waals surface area contributed by atoms with Crippen LogP contribution in [0.5, 0.6) is 0 Å². The molecule has 0 aliphatic heterocycles. The topological polar surface area (TPSA) is 8.82 Å². The molecular weight excluding hydrogens is 917 g/mol. The van der Waals surface area contributed by atoms with Gasteiger partial charge in [0.1, 0.15) is 0 Å². The van der Waals surface area contributed by atoms with Crippen LogP contribution in [0, 0.1) is 0 Å². The highest BCUT2D eigenvalue weighted by Gasteiger charge is 2.31. The summed E-state index contributed by atoms with van der Waals surface area (Å²) in [6, 6.07) is 79.5. The Morgan fingerprint density at radius 3 is 0.645 bits per heavy atom. The molecule has 4 heterocycles. The molecule has 0 fully saturated rings. The average Bonchev–Trinajstić information content (AvgIpc) is 4.35. The summed E-state index contributed by atoms with van der Waals surface area (Å²) in [4.78, 5) is 0. The second-order valence-corrected chi connectivity index (χ2v) is 24.0. The lowest BCUT2D eigenvalue weighted by atomic mass is 9.80. The van der Waals surface area contributed by atoms with Gasteiger partial charge in [0.15, 0.2) is 0 Å². The number of nitrogens with zero attached hydrogens (tertiary/aromatic N) is 2. The van der Waals surface area contributed by atoms with Crippen LogP contribution >= 0.6 is 0 Å². The molecule has 15 aromatic rings. The van der Waals surface area contributed by atoms with E-state index in [-0.39, 0.29) is 10.8 Å². The Hall–Kier alpha value is -8.98. The molecule has 0 unspecified atom stereocenters. The first-order valence-electron chi connectivity index (χ1n) is 27.1. The lowest BCUT2D eigenvalue weighted by Gasteiger charge is -2.23. The van der Waals surface area contributed by atoms with Gasteiger partial charge in [-0.05, 0) is 172 Å². The van der Waals surface area contributed by atoms with E-state index >= 15 is 0 Å². The molecule has 358 valence electrons. The van der Waals surface area contributed by atoms with Gasteiger partial charge >= 0.3 is 0 Å². The third-order valence-corrected chi connectivity index (χ3v) is 17.8. The van der Waals surface area contributed by atoms with Crippen molar-refractivity contribution >= 4 is 76.2 Å². The molecule has 0 saturated heterocycles. The Labute approximate surface area is 441 Å². The van der Waals surface area contributed by atoms with Crippen LogP contribution in [-0.4, -0.2) is 8.80 Å². The minimum absolute atomic E-state index is 0.0774. The summed E-state index contributed by atoms with van der Waals surface area (Å²) in [7, 11) is 0. The van der Waals surface area contributed by atoms with Crippen molar-refractivity contribution in [1.29, 1.82) is 0 Å². The lowest BCUT2D eigenvalue weighted by molar-refractivity contribution is 0.591. The molecule has 2 heteroatoms. The maximum absolute atomic E-state index is 2.63. The van der Waals surface area contributed by atoms with Crippen LogP contribution in [0.3, 0.4) is 0 Å². The molecule has 0 amide bonds. The van der Waals surface area contributed by atoms with E-state index in [4.69, 9.17) is 0 Å². The quantitative estimate of drug-likeness (QED) is 0.143. The fourth-order valence-electron chi connectivity index (χ4n) is 14.1. The van der Waals surface area contributed by atoms with Crippen molar-refractivity contribution in [2.24, 2.45) is 0 Å². The lowest BCUT2D eigenvalue weighted by Crippen LogP contribution is -2.10. The van der Waals surface area contributed by atoms with Crippen molar-refractivity contribution in [1.82, 2.24) is 8.80 Å². The molecule has 11 aromatic carbocycles. The van der Waals surface area contributed by atoms with Gasteiger partial charge in [0.25, 0.3) is 0 Å². The largest absolute Gasteiger partial charge is 0.308 e. The second kappa shape index (κ2) is 14.4. The van der Waals surface area contributed by atoms with Gasteiger partial charge < -0.3 is 8.80 Å². The number of hydrogen-bond donors (Lipinski definition) is 0. The summed E-state index contributed by atoms with van der Waals surface area (Å²) >= 11 is 0. The molecule has 0 spiro atoms. The van der Waals surface area contributed by atoms with Gasteiger partial charge in [-0.25, -0.2) is 0 Å². The Morgan fingerprint density at radius 2 is 0.408 bits per heavy atom. The first-order valence-corrected chi connectivity index (χ1v) is 27.1. The number of aromatic nitrogens is 2. The van der Waals surface area contributed by atoms with Crippen molar-refractivity contribution in [3.63, 3.8) is 0 Å². The maximum Gasteiger partial charge on any atom is 0.0620 e. The molecule has 4 aromatic heterocycles. The summed E-state index contributed by atoms with van der Waals surface area (Å²) in [6.07, 6.45) is 0. The SMILES string of the molecule is CC(C)(C)c1cc2c3cc4c(cc3n3c5cc6c7cc(C(C)(C)C)cc8c9cc%10c(cc9n(c6cc5c(c1)c23)c87)-c1ccccc1-c1ccccc1-c1ccccc1-%10)-c1ccccc1-c1ccccc1-c1ccccc1-4.